The number of methoxy groups -OCH3 is 1. The van der Waals surface area contributed by atoms with E-state index >= 15 is 0 Å². The van der Waals surface area contributed by atoms with Crippen molar-refractivity contribution < 1.29 is 9.53 Å². The van der Waals surface area contributed by atoms with E-state index in [1.165, 1.54) is 0 Å². The molecule has 0 N–H and O–H groups in total. The summed E-state index contributed by atoms with van der Waals surface area (Å²) in [5, 5.41) is 0. The topological polar surface area (TPSA) is 26.3 Å². The highest BCUT2D eigenvalue weighted by molar-refractivity contribution is 9.10. The minimum atomic E-state index is 0.250. The van der Waals surface area contributed by atoms with Gasteiger partial charge in [-0.15, -0.1) is 0 Å². The second-order valence-corrected chi connectivity index (χ2v) is 5.04. The Balaban J connectivity index is 2.08. The van der Waals surface area contributed by atoms with E-state index in [1.807, 2.05) is 18.2 Å². The summed E-state index contributed by atoms with van der Waals surface area (Å²) in [6, 6.07) is 5.78. The van der Waals surface area contributed by atoms with E-state index in [0.717, 1.165) is 40.6 Å². The molecule has 0 atom stereocenters. The van der Waals surface area contributed by atoms with Gasteiger partial charge in [0.15, 0.2) is 5.78 Å². The zero-order chi connectivity index (χ0) is 12.3. The molecule has 17 heavy (non-hydrogen) atoms. The highest BCUT2D eigenvalue weighted by Gasteiger charge is 2.14. The quantitative estimate of drug-likeness (QED) is 0.847. The predicted molar refractivity (Wildman–Crippen MR) is 71.3 cm³/mol. The third-order valence-corrected chi connectivity index (χ3v) is 3.60. The van der Waals surface area contributed by atoms with Crippen molar-refractivity contribution in [3.8, 4) is 5.75 Å². The Morgan fingerprint density at radius 3 is 2.88 bits per heavy atom. The lowest BCUT2D eigenvalue weighted by atomic mass is 10.0. The smallest absolute Gasteiger partial charge is 0.162 e. The molecule has 0 aromatic heterocycles. The molecule has 0 saturated carbocycles. The van der Waals surface area contributed by atoms with Crippen LogP contribution in [-0.4, -0.2) is 12.9 Å². The highest BCUT2D eigenvalue weighted by atomic mass is 79.9. The number of halogens is 1. The molecule has 0 aliphatic heterocycles. The van der Waals surface area contributed by atoms with Gasteiger partial charge in [-0.3, -0.25) is 4.79 Å². The third kappa shape index (κ3) is 2.97. The number of rotatable bonds is 4. The molecule has 1 aromatic carbocycles. The minimum Gasteiger partial charge on any atom is -0.496 e. The van der Waals surface area contributed by atoms with E-state index in [1.54, 1.807) is 7.11 Å². The van der Waals surface area contributed by atoms with E-state index in [-0.39, 0.29) is 5.78 Å². The number of carbonyl (C=O) groups is 1. The molecule has 2 nitrogen and oxygen atoms in total. The lowest BCUT2D eigenvalue weighted by Crippen LogP contribution is -2.05. The van der Waals surface area contributed by atoms with Crippen LogP contribution < -0.4 is 4.74 Å². The normalized spacial score (nSPS) is 14.6. The summed E-state index contributed by atoms with van der Waals surface area (Å²) >= 11 is 3.43. The maximum absolute atomic E-state index is 12.0. The second kappa shape index (κ2) is 5.50. The summed E-state index contributed by atoms with van der Waals surface area (Å²) in [5.41, 5.74) is 2.02. The molecule has 0 saturated heterocycles. The Kier molecular flexibility index (Phi) is 4.00. The summed E-state index contributed by atoms with van der Waals surface area (Å²) < 4.78 is 6.06. The molecule has 1 aliphatic rings. The minimum absolute atomic E-state index is 0.250. The van der Waals surface area contributed by atoms with E-state index in [2.05, 4.69) is 22.0 Å². The summed E-state index contributed by atoms with van der Waals surface area (Å²) in [4.78, 5) is 12.0. The van der Waals surface area contributed by atoms with Crippen LogP contribution in [0.5, 0.6) is 5.75 Å². The standard InChI is InChI=1S/C14H15BrO2/c1-17-14-7-6-10(8-12(14)15)9-13(16)11-4-2-3-5-11/h4,6-8H,2-3,5,9H2,1H3. The molecule has 1 aromatic rings. The molecule has 90 valence electrons. The number of benzene rings is 1. The molecule has 0 heterocycles. The zero-order valence-corrected chi connectivity index (χ0v) is 11.4. The molecule has 0 amide bonds. The van der Waals surface area contributed by atoms with E-state index in [0.29, 0.717) is 6.42 Å². The van der Waals surface area contributed by atoms with Gasteiger partial charge in [0.05, 0.1) is 11.6 Å². The van der Waals surface area contributed by atoms with Gasteiger partial charge in [0.25, 0.3) is 0 Å². The van der Waals surface area contributed by atoms with Crippen LogP contribution in [0.25, 0.3) is 0 Å². The molecule has 0 spiro atoms. The zero-order valence-electron chi connectivity index (χ0n) is 9.83. The molecule has 1 aliphatic carbocycles. The van der Waals surface area contributed by atoms with Gasteiger partial charge in [-0.05, 0) is 58.5 Å². The van der Waals surface area contributed by atoms with Crippen molar-refractivity contribution in [3.05, 3.63) is 39.9 Å². The lowest BCUT2D eigenvalue weighted by Gasteiger charge is -2.06. The van der Waals surface area contributed by atoms with Crippen molar-refractivity contribution in [3.63, 3.8) is 0 Å². The van der Waals surface area contributed by atoms with E-state index < -0.39 is 0 Å². The summed E-state index contributed by atoms with van der Waals surface area (Å²) in [6.45, 7) is 0. The molecule has 3 heteroatoms. The second-order valence-electron chi connectivity index (χ2n) is 4.19. The van der Waals surface area contributed by atoms with Crippen molar-refractivity contribution in [1.29, 1.82) is 0 Å². The Bertz CT molecular complexity index is 463. The average molecular weight is 295 g/mol. The molecule has 0 radical (unpaired) electrons. The van der Waals surface area contributed by atoms with Gasteiger partial charge in [0.2, 0.25) is 0 Å². The number of allylic oxidation sites excluding steroid dienone is 2. The van der Waals surface area contributed by atoms with Crippen LogP contribution in [0.2, 0.25) is 0 Å². The number of hydrogen-bond acceptors (Lipinski definition) is 2. The maximum atomic E-state index is 12.0. The third-order valence-electron chi connectivity index (χ3n) is 2.98. The summed E-state index contributed by atoms with van der Waals surface area (Å²) in [5.74, 6) is 1.04. The number of ketones is 1. The molecule has 0 unspecified atom stereocenters. The van der Waals surface area contributed by atoms with E-state index in [4.69, 9.17) is 4.74 Å². The van der Waals surface area contributed by atoms with Crippen LogP contribution in [0.15, 0.2) is 34.3 Å². The van der Waals surface area contributed by atoms with Crippen LogP contribution in [-0.2, 0) is 11.2 Å². The first kappa shape index (κ1) is 12.4. The van der Waals surface area contributed by atoms with Gasteiger partial charge in [-0.25, -0.2) is 0 Å². The molecule has 0 fully saturated rings. The van der Waals surface area contributed by atoms with Gasteiger partial charge in [-0.2, -0.15) is 0 Å². The Labute approximate surface area is 110 Å². The summed E-state index contributed by atoms with van der Waals surface area (Å²) in [7, 11) is 1.63. The fourth-order valence-corrected chi connectivity index (χ4v) is 2.63. The predicted octanol–water partition coefficient (Wildman–Crippen LogP) is 3.68. The van der Waals surface area contributed by atoms with Crippen molar-refractivity contribution in [2.45, 2.75) is 25.7 Å². The van der Waals surface area contributed by atoms with Gasteiger partial charge < -0.3 is 4.74 Å². The molecular weight excluding hydrogens is 280 g/mol. The van der Waals surface area contributed by atoms with Crippen LogP contribution in [0, 0.1) is 0 Å². The van der Waals surface area contributed by atoms with Crippen LogP contribution in [0.4, 0.5) is 0 Å². The van der Waals surface area contributed by atoms with Crippen molar-refractivity contribution in [1.82, 2.24) is 0 Å². The molecule has 0 bridgehead atoms. The Hall–Kier alpha value is -1.09. The van der Waals surface area contributed by atoms with Crippen LogP contribution in [0.3, 0.4) is 0 Å². The number of hydrogen-bond donors (Lipinski definition) is 0. The first-order valence-electron chi connectivity index (χ1n) is 5.75. The largest absolute Gasteiger partial charge is 0.496 e. The molecular formula is C14H15BrO2. The number of Topliss-reactive ketones (excluding diaryl/α,β-unsaturated/α-hetero) is 1. The van der Waals surface area contributed by atoms with Gasteiger partial charge in [0.1, 0.15) is 5.75 Å². The van der Waals surface area contributed by atoms with Crippen molar-refractivity contribution in [2.24, 2.45) is 0 Å². The SMILES string of the molecule is COc1ccc(CC(=O)C2=CCCC2)cc1Br. The monoisotopic (exact) mass is 294 g/mol. The fourth-order valence-electron chi connectivity index (χ4n) is 2.04. The summed E-state index contributed by atoms with van der Waals surface area (Å²) in [6.07, 6.45) is 5.66. The van der Waals surface area contributed by atoms with Crippen LogP contribution in [0.1, 0.15) is 24.8 Å². The van der Waals surface area contributed by atoms with Crippen molar-refractivity contribution in [2.75, 3.05) is 7.11 Å². The molecule has 2 rings (SSSR count). The maximum Gasteiger partial charge on any atom is 0.162 e. The van der Waals surface area contributed by atoms with Gasteiger partial charge in [-0.1, -0.05) is 12.1 Å². The van der Waals surface area contributed by atoms with Gasteiger partial charge in [0, 0.05) is 6.42 Å². The number of ether oxygens (including phenoxy) is 1. The first-order chi connectivity index (χ1) is 8.20. The van der Waals surface area contributed by atoms with Crippen LogP contribution >= 0.6 is 15.9 Å². The van der Waals surface area contributed by atoms with E-state index in [9.17, 15) is 4.79 Å². The van der Waals surface area contributed by atoms with Crippen molar-refractivity contribution >= 4 is 21.7 Å². The number of carbonyl (C=O) groups excluding carboxylic acids is 1. The highest BCUT2D eigenvalue weighted by Crippen LogP contribution is 2.27. The fraction of sp³-hybridized carbons (Fsp3) is 0.357. The Morgan fingerprint density at radius 2 is 2.29 bits per heavy atom. The Morgan fingerprint density at radius 1 is 1.47 bits per heavy atom. The first-order valence-corrected chi connectivity index (χ1v) is 6.54. The lowest BCUT2D eigenvalue weighted by molar-refractivity contribution is -0.115. The van der Waals surface area contributed by atoms with Gasteiger partial charge >= 0.3 is 0 Å². The average Bonchev–Trinajstić information content (AvgIpc) is 2.82.